The fourth-order valence-electron chi connectivity index (χ4n) is 1.67. The molecule has 1 heterocycles. The third-order valence-corrected chi connectivity index (χ3v) is 3.56. The molecule has 82 valence electrons. The molecule has 1 saturated heterocycles. The summed E-state index contributed by atoms with van der Waals surface area (Å²) < 4.78 is 26.0. The van der Waals surface area contributed by atoms with Crippen molar-refractivity contribution < 1.29 is 8.78 Å². The van der Waals surface area contributed by atoms with Gasteiger partial charge in [0.05, 0.1) is 5.69 Å². The first-order valence-corrected chi connectivity index (χ1v) is 6.20. The first-order chi connectivity index (χ1) is 7.25. The summed E-state index contributed by atoms with van der Waals surface area (Å²) in [5.41, 5.74) is 0.410. The van der Waals surface area contributed by atoms with E-state index >= 15 is 0 Å². The Morgan fingerprint density at radius 3 is 2.60 bits per heavy atom. The van der Waals surface area contributed by atoms with Crippen LogP contribution in [0.4, 0.5) is 14.5 Å². The Morgan fingerprint density at radius 1 is 1.20 bits per heavy atom. The lowest BCUT2D eigenvalue weighted by molar-refractivity contribution is 0.579. The van der Waals surface area contributed by atoms with Gasteiger partial charge in [-0.15, -0.1) is 0 Å². The van der Waals surface area contributed by atoms with Gasteiger partial charge < -0.3 is 5.32 Å². The van der Waals surface area contributed by atoms with E-state index in [2.05, 4.69) is 5.32 Å². The Labute approximate surface area is 92.3 Å². The zero-order valence-electron chi connectivity index (χ0n) is 8.30. The molecule has 15 heavy (non-hydrogen) atoms. The third-order valence-electron chi connectivity index (χ3n) is 2.51. The molecule has 0 spiro atoms. The van der Waals surface area contributed by atoms with Gasteiger partial charge >= 0.3 is 0 Å². The maximum atomic E-state index is 13.3. The van der Waals surface area contributed by atoms with Crippen molar-refractivity contribution in [3.63, 3.8) is 0 Å². The Balaban J connectivity index is 2.03. The highest BCUT2D eigenvalue weighted by Gasteiger charge is 2.14. The molecule has 1 aliphatic rings. The second-order valence-electron chi connectivity index (χ2n) is 3.66. The van der Waals surface area contributed by atoms with Crippen molar-refractivity contribution in [1.29, 1.82) is 0 Å². The molecule has 1 fully saturated rings. The standard InChI is InChI=1S/C11H13F2NS/c12-8-1-2-11(10(13)7-8)14-9-3-5-15-6-4-9/h1-2,7,9,14H,3-6H2. The number of hydrogen-bond donors (Lipinski definition) is 1. The van der Waals surface area contributed by atoms with Crippen molar-refractivity contribution in [2.24, 2.45) is 0 Å². The van der Waals surface area contributed by atoms with Gasteiger partial charge in [-0.25, -0.2) is 8.78 Å². The molecule has 0 saturated carbocycles. The molecule has 1 N–H and O–H groups in total. The molecule has 0 radical (unpaired) electrons. The molecule has 0 aromatic heterocycles. The average Bonchev–Trinajstić information content (AvgIpc) is 2.24. The van der Waals surface area contributed by atoms with Crippen LogP contribution < -0.4 is 5.32 Å². The lowest BCUT2D eigenvalue weighted by Gasteiger charge is -2.23. The fourth-order valence-corrected chi connectivity index (χ4v) is 2.77. The summed E-state index contributed by atoms with van der Waals surface area (Å²) in [5, 5.41) is 3.12. The predicted molar refractivity (Wildman–Crippen MR) is 60.3 cm³/mol. The molecule has 2 rings (SSSR count). The van der Waals surface area contributed by atoms with Gasteiger partial charge in [-0.05, 0) is 36.5 Å². The average molecular weight is 229 g/mol. The third kappa shape index (κ3) is 2.84. The largest absolute Gasteiger partial charge is 0.380 e. The van der Waals surface area contributed by atoms with Gasteiger partial charge in [0, 0.05) is 12.1 Å². The zero-order valence-corrected chi connectivity index (χ0v) is 9.12. The van der Waals surface area contributed by atoms with Crippen molar-refractivity contribution in [1.82, 2.24) is 0 Å². The molecule has 0 bridgehead atoms. The molecule has 4 heteroatoms. The van der Waals surface area contributed by atoms with E-state index in [4.69, 9.17) is 0 Å². The van der Waals surface area contributed by atoms with Crippen LogP contribution in [0.3, 0.4) is 0 Å². The highest BCUT2D eigenvalue weighted by Crippen LogP contribution is 2.22. The molecule has 1 aromatic rings. The Hall–Kier alpha value is -0.770. The number of thioether (sulfide) groups is 1. The minimum Gasteiger partial charge on any atom is -0.380 e. The number of benzene rings is 1. The quantitative estimate of drug-likeness (QED) is 0.835. The van der Waals surface area contributed by atoms with Crippen molar-refractivity contribution in [2.75, 3.05) is 16.8 Å². The van der Waals surface area contributed by atoms with E-state index in [0.29, 0.717) is 11.7 Å². The molecule has 0 amide bonds. The highest BCUT2D eigenvalue weighted by molar-refractivity contribution is 7.99. The molecular formula is C11H13F2NS. The summed E-state index contributed by atoms with van der Waals surface area (Å²) in [6.45, 7) is 0. The van der Waals surface area contributed by atoms with Gasteiger partial charge in [0.1, 0.15) is 11.6 Å². The van der Waals surface area contributed by atoms with Crippen molar-refractivity contribution in [3.8, 4) is 0 Å². The second kappa shape index (κ2) is 4.84. The van der Waals surface area contributed by atoms with Crippen molar-refractivity contribution in [3.05, 3.63) is 29.8 Å². The van der Waals surface area contributed by atoms with Crippen LogP contribution in [0.15, 0.2) is 18.2 Å². The summed E-state index contributed by atoms with van der Waals surface area (Å²) in [6.07, 6.45) is 2.09. The molecule has 0 unspecified atom stereocenters. The Kier molecular flexibility index (Phi) is 3.46. The van der Waals surface area contributed by atoms with Gasteiger partial charge in [-0.2, -0.15) is 11.8 Å². The summed E-state index contributed by atoms with van der Waals surface area (Å²) in [6, 6.07) is 3.99. The van der Waals surface area contributed by atoms with Crippen molar-refractivity contribution >= 4 is 17.4 Å². The van der Waals surface area contributed by atoms with Crippen LogP contribution in [0.1, 0.15) is 12.8 Å². The number of hydrogen-bond acceptors (Lipinski definition) is 2. The van der Waals surface area contributed by atoms with Gasteiger partial charge in [0.25, 0.3) is 0 Å². The summed E-state index contributed by atoms with van der Waals surface area (Å²) in [5.74, 6) is 1.19. The molecule has 1 aromatic carbocycles. The minimum atomic E-state index is -0.530. The lowest BCUT2D eigenvalue weighted by Crippen LogP contribution is -2.24. The topological polar surface area (TPSA) is 12.0 Å². The molecule has 0 atom stereocenters. The SMILES string of the molecule is Fc1ccc(NC2CCSCC2)c(F)c1. The monoisotopic (exact) mass is 229 g/mol. The number of halogens is 2. The fraction of sp³-hybridized carbons (Fsp3) is 0.455. The van der Waals surface area contributed by atoms with Gasteiger partial charge in [-0.1, -0.05) is 0 Å². The maximum absolute atomic E-state index is 13.3. The van der Waals surface area contributed by atoms with E-state index in [-0.39, 0.29) is 0 Å². The lowest BCUT2D eigenvalue weighted by atomic mass is 10.1. The molecule has 1 nitrogen and oxygen atoms in total. The molecular weight excluding hydrogens is 216 g/mol. The summed E-state index contributed by atoms with van der Waals surface area (Å²) >= 11 is 1.92. The molecule has 1 aliphatic heterocycles. The Bertz CT molecular complexity index is 337. The second-order valence-corrected chi connectivity index (χ2v) is 4.88. The first-order valence-electron chi connectivity index (χ1n) is 5.05. The minimum absolute atomic E-state index is 0.325. The van der Waals surface area contributed by atoms with Crippen molar-refractivity contribution in [2.45, 2.75) is 18.9 Å². The van der Waals surface area contributed by atoms with E-state index in [0.717, 1.165) is 30.4 Å². The van der Waals surface area contributed by atoms with Crippen LogP contribution >= 0.6 is 11.8 Å². The van der Waals surface area contributed by atoms with Crippen LogP contribution in [0, 0.1) is 11.6 Å². The van der Waals surface area contributed by atoms with Gasteiger partial charge in [0.15, 0.2) is 0 Å². The van der Waals surface area contributed by atoms with Crippen LogP contribution in [0.5, 0.6) is 0 Å². The first kappa shape index (κ1) is 10.7. The maximum Gasteiger partial charge on any atom is 0.149 e. The van der Waals surface area contributed by atoms with E-state index in [9.17, 15) is 8.78 Å². The van der Waals surface area contributed by atoms with E-state index in [1.54, 1.807) is 0 Å². The van der Waals surface area contributed by atoms with Crippen LogP contribution in [-0.2, 0) is 0 Å². The summed E-state index contributed by atoms with van der Waals surface area (Å²) in [7, 11) is 0. The number of anilines is 1. The predicted octanol–water partition coefficient (Wildman–Crippen LogP) is 3.27. The van der Waals surface area contributed by atoms with Crippen LogP contribution in [0.2, 0.25) is 0 Å². The smallest absolute Gasteiger partial charge is 0.149 e. The Morgan fingerprint density at radius 2 is 1.93 bits per heavy atom. The zero-order chi connectivity index (χ0) is 10.7. The summed E-state index contributed by atoms with van der Waals surface area (Å²) in [4.78, 5) is 0. The van der Waals surface area contributed by atoms with E-state index < -0.39 is 11.6 Å². The van der Waals surface area contributed by atoms with Gasteiger partial charge in [0.2, 0.25) is 0 Å². The van der Waals surface area contributed by atoms with E-state index in [1.807, 2.05) is 11.8 Å². The highest BCUT2D eigenvalue weighted by atomic mass is 32.2. The number of nitrogens with one attached hydrogen (secondary N) is 1. The normalized spacial score (nSPS) is 17.7. The number of rotatable bonds is 2. The van der Waals surface area contributed by atoms with Crippen LogP contribution in [-0.4, -0.2) is 17.5 Å². The van der Waals surface area contributed by atoms with Gasteiger partial charge in [-0.3, -0.25) is 0 Å². The molecule has 0 aliphatic carbocycles. The van der Waals surface area contributed by atoms with Crippen LogP contribution in [0.25, 0.3) is 0 Å². The van der Waals surface area contributed by atoms with E-state index in [1.165, 1.54) is 12.1 Å².